The van der Waals surface area contributed by atoms with Crippen LogP contribution in [-0.2, 0) is 4.74 Å². The first-order valence-electron chi connectivity index (χ1n) is 11.3. The van der Waals surface area contributed by atoms with E-state index in [2.05, 4.69) is 5.32 Å². The molecule has 5 aromatic rings. The number of anilines is 1. The van der Waals surface area contributed by atoms with Gasteiger partial charge in [0.25, 0.3) is 5.56 Å². The van der Waals surface area contributed by atoms with Crippen LogP contribution in [0.1, 0.15) is 0 Å². The van der Waals surface area contributed by atoms with Gasteiger partial charge < -0.3 is 15.0 Å². The number of ether oxygens (including phenoxy) is 1. The Morgan fingerprint density at radius 1 is 1.09 bits per heavy atom. The van der Waals surface area contributed by atoms with Gasteiger partial charge >= 0.3 is 0 Å². The number of morpholine rings is 1. The minimum Gasteiger partial charge on any atom is -0.370 e. The second-order valence-corrected chi connectivity index (χ2v) is 9.72. The van der Waals surface area contributed by atoms with E-state index in [1.807, 2.05) is 53.9 Å². The first-order valence-corrected chi connectivity index (χ1v) is 12.6. The van der Waals surface area contributed by atoms with Gasteiger partial charge in [0.15, 0.2) is 11.5 Å². The average Bonchev–Trinajstić information content (AvgIpc) is 3.30. The Balaban J connectivity index is 1.46. The molecule has 0 saturated carbocycles. The quantitative estimate of drug-likeness (QED) is 0.369. The lowest BCUT2D eigenvalue weighted by Gasteiger charge is -2.23. The Hall–Kier alpha value is -3.04. The first kappa shape index (κ1) is 21.5. The zero-order valence-corrected chi connectivity index (χ0v) is 20.0. The molecular weight excluding hydrogens is 470 g/mol. The highest BCUT2D eigenvalue weighted by molar-refractivity contribution is 7.17. The molecule has 1 saturated heterocycles. The van der Waals surface area contributed by atoms with Crippen LogP contribution in [0, 0.1) is 0 Å². The summed E-state index contributed by atoms with van der Waals surface area (Å²) in [6.45, 7) is 5.37. The molecule has 34 heavy (non-hydrogen) atoms. The Morgan fingerprint density at radius 3 is 2.65 bits per heavy atom. The minimum absolute atomic E-state index is 0.168. The third-order valence-corrected chi connectivity index (χ3v) is 7.46. The molecule has 3 aromatic heterocycles. The van der Waals surface area contributed by atoms with Crippen molar-refractivity contribution in [1.29, 1.82) is 0 Å². The predicted molar refractivity (Wildman–Crippen MR) is 137 cm³/mol. The van der Waals surface area contributed by atoms with Crippen molar-refractivity contribution in [3.63, 3.8) is 0 Å². The van der Waals surface area contributed by atoms with Gasteiger partial charge in [0, 0.05) is 26.7 Å². The minimum atomic E-state index is -0.168. The maximum Gasteiger partial charge on any atom is 0.283 e. The lowest BCUT2D eigenvalue weighted by molar-refractivity contribution is -0.906. The van der Waals surface area contributed by atoms with E-state index in [1.54, 1.807) is 0 Å². The van der Waals surface area contributed by atoms with E-state index in [9.17, 15) is 4.79 Å². The molecule has 2 aromatic carbocycles. The van der Waals surface area contributed by atoms with Gasteiger partial charge in [0.2, 0.25) is 0 Å². The number of benzene rings is 2. The Bertz CT molecular complexity index is 1560. The molecule has 2 N–H and O–H groups in total. The van der Waals surface area contributed by atoms with Crippen LogP contribution in [0.5, 0.6) is 0 Å². The SMILES string of the molecule is O=c1c2c(-c3ccc(Cl)cc3)csc2nc2c3ccccc3c(NCC[NH+]3CCOCC3)nn12. The van der Waals surface area contributed by atoms with E-state index >= 15 is 0 Å². The molecule has 0 unspecified atom stereocenters. The van der Waals surface area contributed by atoms with Crippen LogP contribution in [0.25, 0.3) is 37.8 Å². The fourth-order valence-electron chi connectivity index (χ4n) is 4.53. The van der Waals surface area contributed by atoms with Gasteiger partial charge in [-0.3, -0.25) is 4.79 Å². The van der Waals surface area contributed by atoms with Crippen LogP contribution in [0.3, 0.4) is 0 Å². The third kappa shape index (κ3) is 3.82. The van der Waals surface area contributed by atoms with Crippen LogP contribution in [0.4, 0.5) is 5.82 Å². The molecule has 4 heterocycles. The van der Waals surface area contributed by atoms with Crippen LogP contribution in [0.15, 0.2) is 58.7 Å². The largest absolute Gasteiger partial charge is 0.370 e. The van der Waals surface area contributed by atoms with Crippen molar-refractivity contribution in [1.82, 2.24) is 14.6 Å². The molecule has 0 amide bonds. The first-order chi connectivity index (χ1) is 16.7. The Labute approximate surface area is 204 Å². The highest BCUT2D eigenvalue weighted by Gasteiger charge is 2.18. The normalized spacial score (nSPS) is 14.9. The number of nitrogens with one attached hydrogen (secondary N) is 2. The summed E-state index contributed by atoms with van der Waals surface area (Å²) in [4.78, 5) is 20.8. The molecule has 6 rings (SSSR count). The smallest absolute Gasteiger partial charge is 0.283 e. The molecule has 0 bridgehead atoms. The van der Waals surface area contributed by atoms with E-state index in [1.165, 1.54) is 20.8 Å². The van der Waals surface area contributed by atoms with E-state index in [0.29, 0.717) is 26.7 Å². The summed E-state index contributed by atoms with van der Waals surface area (Å²) in [6.07, 6.45) is 0. The van der Waals surface area contributed by atoms with Crippen molar-refractivity contribution in [3.8, 4) is 11.1 Å². The van der Waals surface area contributed by atoms with Gasteiger partial charge in [0.05, 0.1) is 31.7 Å². The average molecular weight is 493 g/mol. The van der Waals surface area contributed by atoms with Crippen molar-refractivity contribution < 1.29 is 9.64 Å². The van der Waals surface area contributed by atoms with Crippen molar-refractivity contribution in [2.75, 3.05) is 44.7 Å². The standard InChI is InChI=1S/C25H22ClN5O2S/c26-17-7-5-16(6-8-17)20-15-34-24-21(20)25(32)31-23(28-24)19-4-2-1-3-18(19)22(29-31)27-9-10-30-11-13-33-14-12-30/h1-8,15H,9-14H2,(H,27,29)/p+1. The van der Waals surface area contributed by atoms with Crippen molar-refractivity contribution in [2.45, 2.75) is 0 Å². The Morgan fingerprint density at radius 2 is 1.85 bits per heavy atom. The van der Waals surface area contributed by atoms with E-state index in [4.69, 9.17) is 26.4 Å². The lowest BCUT2D eigenvalue weighted by Crippen LogP contribution is -3.14. The molecule has 0 atom stereocenters. The van der Waals surface area contributed by atoms with E-state index < -0.39 is 0 Å². The van der Waals surface area contributed by atoms with Gasteiger partial charge in [-0.25, -0.2) is 4.98 Å². The number of rotatable bonds is 5. The van der Waals surface area contributed by atoms with Crippen LogP contribution in [0.2, 0.25) is 5.02 Å². The number of aromatic nitrogens is 3. The Kier molecular flexibility index (Phi) is 5.66. The predicted octanol–water partition coefficient (Wildman–Crippen LogP) is 3.10. The molecule has 0 radical (unpaired) electrons. The fraction of sp³-hybridized carbons (Fsp3) is 0.240. The van der Waals surface area contributed by atoms with Gasteiger partial charge in [-0.1, -0.05) is 48.0 Å². The summed E-state index contributed by atoms with van der Waals surface area (Å²) in [5, 5.41) is 13.3. The second kappa shape index (κ2) is 8.96. The summed E-state index contributed by atoms with van der Waals surface area (Å²) in [7, 11) is 0. The molecule has 0 aliphatic carbocycles. The lowest BCUT2D eigenvalue weighted by atomic mass is 10.1. The fourth-order valence-corrected chi connectivity index (χ4v) is 5.59. The highest BCUT2D eigenvalue weighted by Crippen LogP contribution is 2.33. The van der Waals surface area contributed by atoms with Crippen molar-refractivity contribution in [3.05, 3.63) is 69.3 Å². The van der Waals surface area contributed by atoms with E-state index in [0.717, 1.165) is 61.3 Å². The summed E-state index contributed by atoms with van der Waals surface area (Å²) in [5.41, 5.74) is 2.19. The summed E-state index contributed by atoms with van der Waals surface area (Å²) >= 11 is 7.54. The number of fused-ring (bicyclic) bond motifs is 4. The van der Waals surface area contributed by atoms with Crippen molar-refractivity contribution in [2.24, 2.45) is 0 Å². The second-order valence-electron chi connectivity index (χ2n) is 8.42. The molecule has 7 nitrogen and oxygen atoms in total. The molecular formula is C25H23ClN5O2S+. The van der Waals surface area contributed by atoms with Gasteiger partial charge in [-0.15, -0.1) is 16.4 Å². The summed E-state index contributed by atoms with van der Waals surface area (Å²) in [5.74, 6) is 0.697. The summed E-state index contributed by atoms with van der Waals surface area (Å²) < 4.78 is 6.90. The maximum absolute atomic E-state index is 13.7. The third-order valence-electron chi connectivity index (χ3n) is 6.34. The summed E-state index contributed by atoms with van der Waals surface area (Å²) in [6, 6.07) is 15.5. The van der Waals surface area contributed by atoms with Crippen LogP contribution < -0.4 is 15.8 Å². The van der Waals surface area contributed by atoms with Gasteiger partial charge in [-0.05, 0) is 17.7 Å². The molecule has 1 aliphatic heterocycles. The van der Waals surface area contributed by atoms with Crippen LogP contribution in [-0.4, -0.2) is 54.0 Å². The molecule has 9 heteroatoms. The van der Waals surface area contributed by atoms with Crippen molar-refractivity contribution >= 4 is 55.4 Å². The topological polar surface area (TPSA) is 73.0 Å². The molecule has 1 fully saturated rings. The number of hydrogen-bond donors (Lipinski definition) is 2. The van der Waals surface area contributed by atoms with Crippen LogP contribution >= 0.6 is 22.9 Å². The van der Waals surface area contributed by atoms with E-state index in [-0.39, 0.29) is 5.56 Å². The molecule has 172 valence electrons. The number of quaternary nitrogens is 1. The molecule has 0 spiro atoms. The zero-order valence-electron chi connectivity index (χ0n) is 18.4. The zero-order chi connectivity index (χ0) is 23.1. The maximum atomic E-state index is 13.7. The van der Waals surface area contributed by atoms with Gasteiger partial charge in [-0.2, -0.15) is 4.52 Å². The monoisotopic (exact) mass is 492 g/mol. The highest BCUT2D eigenvalue weighted by atomic mass is 35.5. The molecule has 1 aliphatic rings. The number of hydrogen-bond acceptors (Lipinski definition) is 6. The number of nitrogens with zero attached hydrogens (tertiary/aromatic N) is 3. The number of halogens is 1. The van der Waals surface area contributed by atoms with Gasteiger partial charge in [0.1, 0.15) is 17.9 Å². The number of thiophene rings is 1.